The number of nitrogens with one attached hydrogen (secondary N) is 1. The van der Waals surface area contributed by atoms with Gasteiger partial charge in [0.05, 0.1) is 18.4 Å². The Balaban J connectivity index is 2.12. The van der Waals surface area contributed by atoms with Crippen LogP contribution in [0.5, 0.6) is 5.75 Å². The van der Waals surface area contributed by atoms with Crippen LogP contribution in [-0.4, -0.2) is 40.9 Å². The third-order valence-electron chi connectivity index (χ3n) is 4.63. The van der Waals surface area contributed by atoms with Gasteiger partial charge in [0.2, 0.25) is 5.78 Å². The normalized spacial score (nSPS) is 12.8. The van der Waals surface area contributed by atoms with Crippen molar-refractivity contribution >= 4 is 46.2 Å². The lowest BCUT2D eigenvalue weighted by molar-refractivity contribution is -0.191. The molecule has 0 bridgehead atoms. The fourth-order valence-electron chi connectivity index (χ4n) is 3.14. The van der Waals surface area contributed by atoms with Gasteiger partial charge in [-0.25, -0.2) is 9.59 Å². The Morgan fingerprint density at radius 1 is 1.12 bits per heavy atom. The smallest absolute Gasteiger partial charge is 0.368 e. The van der Waals surface area contributed by atoms with Gasteiger partial charge in [-0.1, -0.05) is 18.5 Å². The minimum absolute atomic E-state index is 0.00733. The second-order valence-electron chi connectivity index (χ2n) is 6.71. The average Bonchev–Trinajstić information content (AvgIpc) is 3.40. The van der Waals surface area contributed by atoms with E-state index >= 15 is 0 Å². The van der Waals surface area contributed by atoms with Crippen LogP contribution in [0.3, 0.4) is 0 Å². The predicted molar refractivity (Wildman–Crippen MR) is 113 cm³/mol. The molecular formula is C22H20ClNO8. The molecule has 3 rings (SSSR count). The number of hydrogen-bond donors (Lipinski definition) is 1. The largest absolute Gasteiger partial charge is 0.463 e. The second-order valence-corrected chi connectivity index (χ2v) is 7.15. The lowest BCUT2D eigenvalue weighted by atomic mass is 10.0. The van der Waals surface area contributed by atoms with Crippen LogP contribution in [-0.2, 0) is 23.9 Å². The lowest BCUT2D eigenvalue weighted by Gasteiger charge is -2.27. The third kappa shape index (κ3) is 4.24. The first kappa shape index (κ1) is 23.1. The van der Waals surface area contributed by atoms with Crippen molar-refractivity contribution in [2.45, 2.75) is 32.8 Å². The van der Waals surface area contributed by atoms with Crippen LogP contribution in [0, 0.1) is 0 Å². The van der Waals surface area contributed by atoms with Gasteiger partial charge in [0, 0.05) is 23.8 Å². The van der Waals surface area contributed by atoms with Crippen LogP contribution in [0.15, 0.2) is 41.0 Å². The molecular weight excluding hydrogens is 442 g/mol. The molecule has 1 atom stereocenters. The number of fused-ring (bicyclic) bond motifs is 1. The van der Waals surface area contributed by atoms with E-state index in [1.807, 2.05) is 0 Å². The Hall–Kier alpha value is -3.59. The van der Waals surface area contributed by atoms with Crippen molar-refractivity contribution in [3.05, 3.63) is 53.1 Å². The topological polar surface area (TPSA) is 125 Å². The van der Waals surface area contributed by atoms with Crippen molar-refractivity contribution in [3.63, 3.8) is 0 Å². The summed E-state index contributed by atoms with van der Waals surface area (Å²) in [6, 6.07) is 7.60. The number of benzene rings is 1. The number of aromatic amines is 1. The van der Waals surface area contributed by atoms with Gasteiger partial charge in [-0.3, -0.25) is 9.59 Å². The van der Waals surface area contributed by atoms with Crippen molar-refractivity contribution in [1.29, 1.82) is 0 Å². The zero-order valence-electron chi connectivity index (χ0n) is 17.5. The van der Waals surface area contributed by atoms with Gasteiger partial charge in [0.1, 0.15) is 5.69 Å². The average molecular weight is 462 g/mol. The maximum absolute atomic E-state index is 13.2. The van der Waals surface area contributed by atoms with E-state index in [1.165, 1.54) is 31.4 Å². The number of carbonyl (C=O) groups excluding carboxylic acids is 4. The molecule has 10 heteroatoms. The molecule has 0 saturated carbocycles. The van der Waals surface area contributed by atoms with Crippen molar-refractivity contribution in [1.82, 2.24) is 4.98 Å². The Labute approximate surface area is 187 Å². The molecule has 0 aliphatic carbocycles. The Morgan fingerprint density at radius 2 is 1.88 bits per heavy atom. The molecule has 0 amide bonds. The van der Waals surface area contributed by atoms with E-state index in [4.69, 9.17) is 30.2 Å². The van der Waals surface area contributed by atoms with Gasteiger partial charge in [0.25, 0.3) is 0 Å². The molecule has 0 radical (unpaired) electrons. The highest BCUT2D eigenvalue weighted by molar-refractivity contribution is 6.31. The molecule has 0 saturated heterocycles. The van der Waals surface area contributed by atoms with Crippen LogP contribution < -0.4 is 4.74 Å². The maximum Gasteiger partial charge on any atom is 0.368 e. The number of carbonyl (C=O) groups is 4. The minimum Gasteiger partial charge on any atom is -0.463 e. The number of H-pyrrole nitrogens is 1. The van der Waals surface area contributed by atoms with Crippen molar-refractivity contribution in [3.8, 4) is 5.75 Å². The van der Waals surface area contributed by atoms with Crippen LogP contribution >= 0.6 is 11.6 Å². The van der Waals surface area contributed by atoms with Crippen LogP contribution in [0.25, 0.3) is 10.9 Å². The molecule has 0 aliphatic heterocycles. The van der Waals surface area contributed by atoms with Crippen LogP contribution in [0.1, 0.15) is 43.4 Å². The van der Waals surface area contributed by atoms with E-state index in [1.54, 1.807) is 19.1 Å². The number of ketones is 1. The SMILES string of the molecule is CCOC(=O)C(CC)(OC(C)=O)C(=O)Oc1c(C(=O)c2ccco2)[nH]c2cc(Cl)ccc12. The number of halogens is 1. The third-order valence-corrected chi connectivity index (χ3v) is 4.87. The summed E-state index contributed by atoms with van der Waals surface area (Å²) in [6.45, 7) is 4.01. The summed E-state index contributed by atoms with van der Waals surface area (Å²) < 4.78 is 20.7. The second kappa shape index (κ2) is 9.27. The number of esters is 3. The molecule has 9 nitrogen and oxygen atoms in total. The molecule has 32 heavy (non-hydrogen) atoms. The maximum atomic E-state index is 13.2. The molecule has 2 aromatic heterocycles. The summed E-state index contributed by atoms with van der Waals surface area (Å²) in [4.78, 5) is 53.3. The fraction of sp³-hybridized carbons (Fsp3) is 0.273. The van der Waals surface area contributed by atoms with Gasteiger partial charge in [0.15, 0.2) is 11.5 Å². The standard InChI is InChI=1S/C22H20ClNO8/c1-4-22(32-12(3)25,20(27)29-5-2)21(28)31-19-14-9-8-13(23)11-15(14)24-17(19)18(26)16-7-6-10-30-16/h6-11,24H,4-5H2,1-3H3. The molecule has 2 heterocycles. The first-order chi connectivity index (χ1) is 15.2. The van der Waals surface area contributed by atoms with E-state index in [2.05, 4.69) is 4.98 Å². The van der Waals surface area contributed by atoms with E-state index in [9.17, 15) is 19.2 Å². The van der Waals surface area contributed by atoms with Gasteiger partial charge < -0.3 is 23.6 Å². The number of aromatic nitrogens is 1. The van der Waals surface area contributed by atoms with E-state index in [-0.39, 0.29) is 30.2 Å². The zero-order chi connectivity index (χ0) is 23.5. The molecule has 1 N–H and O–H groups in total. The summed E-state index contributed by atoms with van der Waals surface area (Å²) in [7, 11) is 0. The van der Waals surface area contributed by atoms with E-state index in [0.29, 0.717) is 15.9 Å². The van der Waals surface area contributed by atoms with Crippen molar-refractivity contribution in [2.24, 2.45) is 0 Å². The summed E-state index contributed by atoms with van der Waals surface area (Å²) >= 11 is 6.04. The molecule has 3 aromatic rings. The first-order valence-corrected chi connectivity index (χ1v) is 10.1. The van der Waals surface area contributed by atoms with Crippen molar-refractivity contribution in [2.75, 3.05) is 6.61 Å². The zero-order valence-corrected chi connectivity index (χ0v) is 18.3. The lowest BCUT2D eigenvalue weighted by Crippen LogP contribution is -2.53. The summed E-state index contributed by atoms with van der Waals surface area (Å²) in [5, 5.41) is 0.720. The monoisotopic (exact) mass is 461 g/mol. The van der Waals surface area contributed by atoms with Crippen LogP contribution in [0.4, 0.5) is 0 Å². The van der Waals surface area contributed by atoms with E-state index < -0.39 is 29.3 Å². The molecule has 1 aromatic carbocycles. The Morgan fingerprint density at radius 3 is 2.47 bits per heavy atom. The molecule has 0 aliphatic rings. The first-order valence-electron chi connectivity index (χ1n) is 9.72. The van der Waals surface area contributed by atoms with Gasteiger partial charge in [-0.05, 0) is 37.3 Å². The molecule has 0 fully saturated rings. The Kier molecular flexibility index (Phi) is 6.69. The quantitative estimate of drug-likeness (QED) is 0.305. The predicted octanol–water partition coefficient (Wildman–Crippen LogP) is 3.83. The summed E-state index contributed by atoms with van der Waals surface area (Å²) in [5.41, 5.74) is -2.05. The minimum atomic E-state index is -2.34. The van der Waals surface area contributed by atoms with Crippen LogP contribution in [0.2, 0.25) is 5.02 Å². The molecule has 0 spiro atoms. The van der Waals surface area contributed by atoms with Gasteiger partial charge >= 0.3 is 23.5 Å². The highest BCUT2D eigenvalue weighted by Crippen LogP contribution is 2.35. The van der Waals surface area contributed by atoms with E-state index in [0.717, 1.165) is 6.92 Å². The van der Waals surface area contributed by atoms with Gasteiger partial charge in [-0.2, -0.15) is 0 Å². The highest BCUT2D eigenvalue weighted by Gasteiger charge is 2.52. The van der Waals surface area contributed by atoms with Crippen molar-refractivity contribution < 1.29 is 37.8 Å². The Bertz CT molecular complexity index is 1180. The highest BCUT2D eigenvalue weighted by atomic mass is 35.5. The molecule has 168 valence electrons. The summed E-state index contributed by atoms with van der Waals surface area (Å²) in [6.07, 6.45) is 1.07. The summed E-state index contributed by atoms with van der Waals surface area (Å²) in [5.74, 6) is -3.95. The fourth-order valence-corrected chi connectivity index (χ4v) is 3.31. The number of rotatable bonds is 8. The van der Waals surface area contributed by atoms with Gasteiger partial charge in [-0.15, -0.1) is 0 Å². The number of hydrogen-bond acceptors (Lipinski definition) is 8. The molecule has 1 unspecified atom stereocenters. The number of ether oxygens (including phenoxy) is 3. The number of furan rings is 1.